The molecular weight excluding hydrogens is 135 g/mol. The van der Waals surface area contributed by atoms with Crippen LogP contribution in [0.3, 0.4) is 0 Å². The van der Waals surface area contributed by atoms with Crippen LogP contribution in [0.1, 0.15) is 26.7 Å². The Bertz CT molecular complexity index is 119. The molecule has 3 heteroatoms. The smallest absolute Gasteiger partial charge is 0.343 e. The predicted octanol–water partition coefficient (Wildman–Crippen LogP) is 1.69. The largest absolute Gasteiger partial charge is 0.467 e. The van der Waals surface area contributed by atoms with Gasteiger partial charge < -0.3 is 4.74 Å². The average molecular weight is 148 g/mol. The zero-order valence-corrected chi connectivity index (χ0v) is 6.61. The molecular formula is C7H13FO2. The molecule has 0 rings (SSSR count). The lowest BCUT2D eigenvalue weighted by molar-refractivity contribution is -0.155. The van der Waals surface area contributed by atoms with Crippen LogP contribution < -0.4 is 0 Å². The van der Waals surface area contributed by atoms with Gasteiger partial charge in [-0.15, -0.1) is 0 Å². The lowest BCUT2D eigenvalue weighted by atomic mass is 10.0. The maximum absolute atomic E-state index is 13.2. The molecule has 0 aromatic rings. The fraction of sp³-hybridized carbons (Fsp3) is 0.857. The van der Waals surface area contributed by atoms with Crippen LogP contribution in [0.5, 0.6) is 0 Å². The summed E-state index contributed by atoms with van der Waals surface area (Å²) in [5, 5.41) is 0. The summed E-state index contributed by atoms with van der Waals surface area (Å²) >= 11 is 0. The number of carbonyl (C=O) groups excluding carboxylic acids is 1. The molecule has 0 heterocycles. The summed E-state index contributed by atoms with van der Waals surface area (Å²) in [7, 11) is 1.20. The van der Waals surface area contributed by atoms with E-state index < -0.39 is 11.6 Å². The standard InChI is InChI=1S/C7H13FO2/c1-4-7(8,5-2)6(9)10-3/h4-5H2,1-3H3. The van der Waals surface area contributed by atoms with Crippen LogP contribution in [0.25, 0.3) is 0 Å². The molecule has 0 saturated carbocycles. The molecule has 0 aliphatic carbocycles. The van der Waals surface area contributed by atoms with Crippen molar-refractivity contribution in [3.8, 4) is 0 Å². The summed E-state index contributed by atoms with van der Waals surface area (Å²) in [5.74, 6) is -0.766. The van der Waals surface area contributed by atoms with E-state index in [0.29, 0.717) is 0 Å². The highest BCUT2D eigenvalue weighted by Gasteiger charge is 2.35. The van der Waals surface area contributed by atoms with Crippen molar-refractivity contribution in [2.45, 2.75) is 32.4 Å². The molecule has 0 radical (unpaired) electrons. The number of halogens is 1. The minimum atomic E-state index is -1.77. The van der Waals surface area contributed by atoms with Gasteiger partial charge >= 0.3 is 5.97 Å². The Morgan fingerprint density at radius 1 is 1.50 bits per heavy atom. The average Bonchev–Trinajstić information content (AvgIpc) is 2.01. The van der Waals surface area contributed by atoms with Crippen molar-refractivity contribution in [3.63, 3.8) is 0 Å². The fourth-order valence-electron chi connectivity index (χ4n) is 0.722. The third kappa shape index (κ3) is 1.69. The normalized spacial score (nSPS) is 11.2. The highest BCUT2D eigenvalue weighted by atomic mass is 19.1. The molecule has 0 atom stereocenters. The van der Waals surface area contributed by atoms with Gasteiger partial charge in [-0.2, -0.15) is 0 Å². The Kier molecular flexibility index (Phi) is 3.33. The maximum atomic E-state index is 13.2. The van der Waals surface area contributed by atoms with Crippen molar-refractivity contribution in [1.29, 1.82) is 0 Å². The molecule has 0 bridgehead atoms. The Labute approximate surface area is 60.4 Å². The van der Waals surface area contributed by atoms with E-state index in [1.165, 1.54) is 7.11 Å². The number of hydrogen-bond donors (Lipinski definition) is 0. The van der Waals surface area contributed by atoms with Crippen molar-refractivity contribution in [2.75, 3.05) is 7.11 Å². The van der Waals surface area contributed by atoms with Gasteiger partial charge in [0.25, 0.3) is 0 Å². The van der Waals surface area contributed by atoms with Crippen molar-refractivity contribution in [3.05, 3.63) is 0 Å². The molecule has 0 aromatic carbocycles. The Hall–Kier alpha value is -0.600. The number of esters is 1. The van der Waals surface area contributed by atoms with E-state index in [2.05, 4.69) is 4.74 Å². The second-order valence-electron chi connectivity index (χ2n) is 2.16. The van der Waals surface area contributed by atoms with Gasteiger partial charge in [0.1, 0.15) is 0 Å². The molecule has 0 fully saturated rings. The molecule has 0 aliphatic heterocycles. The van der Waals surface area contributed by atoms with Gasteiger partial charge in [-0.05, 0) is 12.8 Å². The van der Waals surface area contributed by atoms with Gasteiger partial charge in [0.15, 0.2) is 0 Å². The molecule has 0 spiro atoms. The van der Waals surface area contributed by atoms with Crippen LogP contribution in [0, 0.1) is 0 Å². The van der Waals surface area contributed by atoms with E-state index >= 15 is 0 Å². The van der Waals surface area contributed by atoms with E-state index in [0.717, 1.165) is 0 Å². The first-order chi connectivity index (χ1) is 4.60. The number of alkyl halides is 1. The van der Waals surface area contributed by atoms with Gasteiger partial charge in [0.2, 0.25) is 5.67 Å². The van der Waals surface area contributed by atoms with Gasteiger partial charge in [-0.25, -0.2) is 9.18 Å². The lowest BCUT2D eigenvalue weighted by Crippen LogP contribution is -2.33. The molecule has 0 unspecified atom stereocenters. The monoisotopic (exact) mass is 148 g/mol. The van der Waals surface area contributed by atoms with E-state index in [-0.39, 0.29) is 12.8 Å². The SMILES string of the molecule is CCC(F)(CC)C(=O)OC. The first kappa shape index (κ1) is 9.40. The van der Waals surface area contributed by atoms with Crippen molar-refractivity contribution < 1.29 is 13.9 Å². The van der Waals surface area contributed by atoms with Gasteiger partial charge in [-0.1, -0.05) is 13.8 Å². The van der Waals surface area contributed by atoms with Crippen molar-refractivity contribution in [2.24, 2.45) is 0 Å². The van der Waals surface area contributed by atoms with Gasteiger partial charge in [0.05, 0.1) is 7.11 Å². The zero-order valence-electron chi connectivity index (χ0n) is 6.61. The number of ether oxygens (including phenoxy) is 1. The predicted molar refractivity (Wildman–Crippen MR) is 36.4 cm³/mol. The van der Waals surface area contributed by atoms with E-state index in [4.69, 9.17) is 0 Å². The minimum Gasteiger partial charge on any atom is -0.467 e. The Morgan fingerprint density at radius 2 is 1.90 bits per heavy atom. The molecule has 0 amide bonds. The van der Waals surface area contributed by atoms with Gasteiger partial charge in [0, 0.05) is 0 Å². The molecule has 60 valence electrons. The second kappa shape index (κ2) is 3.54. The highest BCUT2D eigenvalue weighted by Crippen LogP contribution is 2.21. The molecule has 2 nitrogen and oxygen atoms in total. The maximum Gasteiger partial charge on any atom is 0.343 e. The van der Waals surface area contributed by atoms with Gasteiger partial charge in [-0.3, -0.25) is 0 Å². The highest BCUT2D eigenvalue weighted by molar-refractivity contribution is 5.79. The third-order valence-electron chi connectivity index (χ3n) is 1.67. The third-order valence-corrected chi connectivity index (χ3v) is 1.67. The van der Waals surface area contributed by atoms with Crippen molar-refractivity contribution in [1.82, 2.24) is 0 Å². The lowest BCUT2D eigenvalue weighted by Gasteiger charge is -2.17. The first-order valence-corrected chi connectivity index (χ1v) is 3.38. The second-order valence-corrected chi connectivity index (χ2v) is 2.16. The summed E-state index contributed by atoms with van der Waals surface area (Å²) in [6.45, 7) is 3.25. The van der Waals surface area contributed by atoms with E-state index in [9.17, 15) is 9.18 Å². The van der Waals surface area contributed by atoms with Crippen LogP contribution in [0.2, 0.25) is 0 Å². The first-order valence-electron chi connectivity index (χ1n) is 3.38. The van der Waals surface area contributed by atoms with Crippen LogP contribution >= 0.6 is 0 Å². The number of carbonyl (C=O) groups is 1. The van der Waals surface area contributed by atoms with E-state index in [1.807, 2.05) is 0 Å². The summed E-state index contributed by atoms with van der Waals surface area (Å²) in [4.78, 5) is 10.7. The Balaban J connectivity index is 4.17. The summed E-state index contributed by atoms with van der Waals surface area (Å²) in [6.07, 6.45) is 0.354. The summed E-state index contributed by atoms with van der Waals surface area (Å²) in [5.41, 5.74) is -1.77. The van der Waals surface area contributed by atoms with E-state index in [1.54, 1.807) is 13.8 Å². The quantitative estimate of drug-likeness (QED) is 0.569. The minimum absolute atomic E-state index is 0.177. The number of hydrogen-bond acceptors (Lipinski definition) is 2. The topological polar surface area (TPSA) is 26.3 Å². The zero-order chi connectivity index (χ0) is 8.20. The van der Waals surface area contributed by atoms with Crippen LogP contribution in [-0.4, -0.2) is 18.7 Å². The molecule has 0 saturated heterocycles. The van der Waals surface area contributed by atoms with Crippen LogP contribution in [0.4, 0.5) is 4.39 Å². The fourth-order valence-corrected chi connectivity index (χ4v) is 0.722. The molecule has 10 heavy (non-hydrogen) atoms. The molecule has 0 N–H and O–H groups in total. The Morgan fingerprint density at radius 3 is 2.00 bits per heavy atom. The number of rotatable bonds is 3. The summed E-state index contributed by atoms with van der Waals surface area (Å²) in [6, 6.07) is 0. The van der Waals surface area contributed by atoms with Crippen LogP contribution in [0.15, 0.2) is 0 Å². The molecule has 0 aliphatic rings. The summed E-state index contributed by atoms with van der Waals surface area (Å²) < 4.78 is 17.5. The molecule has 0 aromatic heterocycles. The van der Waals surface area contributed by atoms with Crippen molar-refractivity contribution >= 4 is 5.97 Å². The van der Waals surface area contributed by atoms with Crippen LogP contribution in [-0.2, 0) is 9.53 Å². The number of methoxy groups -OCH3 is 1.